The highest BCUT2D eigenvalue weighted by Crippen LogP contribution is 2.24. The minimum absolute atomic E-state index is 0.115. The van der Waals surface area contributed by atoms with Crippen LogP contribution in [0, 0.1) is 13.8 Å². The number of carbonyl (C=O) groups excluding carboxylic acids is 1. The van der Waals surface area contributed by atoms with E-state index in [1.54, 1.807) is 10.8 Å². The molecule has 0 N–H and O–H groups in total. The zero-order valence-corrected chi connectivity index (χ0v) is 17.1. The van der Waals surface area contributed by atoms with Crippen molar-refractivity contribution in [3.63, 3.8) is 0 Å². The molecule has 10 heteroatoms. The van der Waals surface area contributed by atoms with E-state index in [2.05, 4.69) is 20.1 Å². The van der Waals surface area contributed by atoms with Crippen molar-refractivity contribution in [1.29, 1.82) is 0 Å². The number of aromatic nitrogens is 5. The zero-order valence-electron chi connectivity index (χ0n) is 15.5. The number of fused-ring (bicyclic) bond motifs is 1. The molecule has 0 amide bonds. The summed E-state index contributed by atoms with van der Waals surface area (Å²) in [7, 11) is 0. The summed E-state index contributed by atoms with van der Waals surface area (Å²) < 4.78 is 12.4. The van der Waals surface area contributed by atoms with E-state index in [9.17, 15) is 4.79 Å². The average molecular weight is 416 g/mol. The number of carbonyl (C=O) groups is 1. The largest absolute Gasteiger partial charge is 0.462 e. The molecular weight excluding hydrogens is 398 g/mol. The monoisotopic (exact) mass is 415 g/mol. The molecule has 4 heterocycles. The van der Waals surface area contributed by atoms with Crippen LogP contribution in [0.5, 0.6) is 0 Å². The van der Waals surface area contributed by atoms with Crippen LogP contribution in [0.15, 0.2) is 33.3 Å². The smallest absolute Gasteiger partial charge is 0.310 e. The molecule has 0 aromatic carbocycles. The first-order valence-corrected chi connectivity index (χ1v) is 10.6. The predicted molar refractivity (Wildman–Crippen MR) is 105 cm³/mol. The Kier molecular flexibility index (Phi) is 5.14. The van der Waals surface area contributed by atoms with Crippen molar-refractivity contribution < 1.29 is 13.9 Å². The van der Waals surface area contributed by atoms with Gasteiger partial charge in [0.05, 0.1) is 18.4 Å². The summed E-state index contributed by atoms with van der Waals surface area (Å²) >= 11 is 2.90. The van der Waals surface area contributed by atoms with E-state index in [1.165, 1.54) is 23.1 Å². The fourth-order valence-corrected chi connectivity index (χ4v) is 3.88. The molecule has 4 aromatic heterocycles. The van der Waals surface area contributed by atoms with Gasteiger partial charge in [-0.05, 0) is 32.2 Å². The van der Waals surface area contributed by atoms with Gasteiger partial charge >= 0.3 is 5.97 Å². The predicted octanol–water partition coefficient (Wildman–Crippen LogP) is 3.47. The topological polar surface area (TPSA) is 95.4 Å². The Morgan fingerprint density at radius 2 is 2.18 bits per heavy atom. The van der Waals surface area contributed by atoms with Gasteiger partial charge in [-0.3, -0.25) is 4.79 Å². The lowest BCUT2D eigenvalue weighted by atomic mass is 10.1. The molecule has 0 bridgehead atoms. The van der Waals surface area contributed by atoms with Gasteiger partial charge in [0, 0.05) is 22.3 Å². The summed E-state index contributed by atoms with van der Waals surface area (Å²) in [5.41, 5.74) is 3.06. The van der Waals surface area contributed by atoms with E-state index < -0.39 is 0 Å². The lowest BCUT2D eigenvalue weighted by Gasteiger charge is -2.10. The van der Waals surface area contributed by atoms with E-state index in [4.69, 9.17) is 9.15 Å². The molecule has 0 unspecified atom stereocenters. The number of thioether (sulfide) groups is 1. The van der Waals surface area contributed by atoms with Crippen LogP contribution in [0.1, 0.15) is 22.6 Å². The molecule has 8 nitrogen and oxygen atoms in total. The molecular formula is C18H17N5O3S2. The molecule has 0 saturated carbocycles. The fraction of sp³-hybridized carbons (Fsp3) is 0.278. The van der Waals surface area contributed by atoms with Gasteiger partial charge in [-0.2, -0.15) is 4.98 Å². The van der Waals surface area contributed by atoms with Crippen LogP contribution in [0.25, 0.3) is 16.5 Å². The van der Waals surface area contributed by atoms with Crippen LogP contribution >= 0.6 is 23.1 Å². The second kappa shape index (κ2) is 7.72. The third-order valence-corrected chi connectivity index (χ3v) is 5.64. The second-order valence-electron chi connectivity index (χ2n) is 6.03. The van der Waals surface area contributed by atoms with Crippen LogP contribution in [0.3, 0.4) is 0 Å². The molecule has 0 aliphatic rings. The standard InChI is InChI=1S/C18H17N5O3S2/c1-10-13(11(2)23-17(19-10)21-18(22-23)27-3)7-15(24)26-8-12-9-28-16(20-12)14-5-4-6-25-14/h4-6,9H,7-8H2,1-3H3. The van der Waals surface area contributed by atoms with Gasteiger partial charge in [-0.25, -0.2) is 14.5 Å². The lowest BCUT2D eigenvalue weighted by molar-refractivity contribution is -0.144. The third kappa shape index (κ3) is 3.65. The van der Waals surface area contributed by atoms with Gasteiger partial charge in [0.15, 0.2) is 10.8 Å². The van der Waals surface area contributed by atoms with E-state index in [1.807, 2.05) is 37.6 Å². The van der Waals surface area contributed by atoms with Crippen molar-refractivity contribution in [2.45, 2.75) is 32.0 Å². The Labute approximate surface area is 169 Å². The Balaban J connectivity index is 1.45. The Morgan fingerprint density at radius 3 is 2.93 bits per heavy atom. The van der Waals surface area contributed by atoms with Gasteiger partial charge in [0.25, 0.3) is 5.78 Å². The third-order valence-electron chi connectivity index (χ3n) is 4.20. The van der Waals surface area contributed by atoms with Crippen molar-refractivity contribution in [3.8, 4) is 10.8 Å². The van der Waals surface area contributed by atoms with Crippen LogP contribution in [0.2, 0.25) is 0 Å². The summed E-state index contributed by atoms with van der Waals surface area (Å²) in [6, 6.07) is 3.65. The number of furan rings is 1. The summed E-state index contributed by atoms with van der Waals surface area (Å²) in [6.45, 7) is 3.88. The summed E-state index contributed by atoms with van der Waals surface area (Å²) in [4.78, 5) is 25.6. The van der Waals surface area contributed by atoms with Gasteiger partial charge < -0.3 is 9.15 Å². The molecule has 0 fully saturated rings. The van der Waals surface area contributed by atoms with Crippen LogP contribution in [-0.4, -0.2) is 36.8 Å². The van der Waals surface area contributed by atoms with E-state index >= 15 is 0 Å². The molecule has 0 aliphatic carbocycles. The lowest BCUT2D eigenvalue weighted by Crippen LogP contribution is -2.13. The molecule has 0 spiro atoms. The molecule has 144 valence electrons. The van der Waals surface area contributed by atoms with E-state index in [0.29, 0.717) is 22.4 Å². The maximum Gasteiger partial charge on any atom is 0.310 e. The molecule has 0 atom stereocenters. The number of nitrogens with zero attached hydrogens (tertiary/aromatic N) is 5. The first kappa shape index (κ1) is 18.6. The SMILES string of the molecule is CSc1nc2nc(C)c(CC(=O)OCc3csc(-c4ccco4)n3)c(C)n2n1. The molecule has 0 radical (unpaired) electrons. The molecule has 0 aliphatic heterocycles. The van der Waals surface area contributed by atoms with Crippen LogP contribution < -0.4 is 0 Å². The number of aryl methyl sites for hydroxylation is 2. The Hall–Kier alpha value is -2.72. The molecule has 4 rings (SSSR count). The van der Waals surface area contributed by atoms with Gasteiger partial charge in [-0.1, -0.05) is 11.8 Å². The van der Waals surface area contributed by atoms with Crippen molar-refractivity contribution in [1.82, 2.24) is 24.6 Å². The van der Waals surface area contributed by atoms with Crippen molar-refractivity contribution >= 4 is 34.8 Å². The normalized spacial score (nSPS) is 11.2. The highest BCUT2D eigenvalue weighted by atomic mass is 32.2. The average Bonchev–Trinajstić information content (AvgIpc) is 3.43. The minimum atomic E-state index is -0.342. The summed E-state index contributed by atoms with van der Waals surface area (Å²) in [6.07, 6.45) is 3.62. The zero-order chi connectivity index (χ0) is 19.7. The Bertz CT molecular complexity index is 1130. The maximum absolute atomic E-state index is 12.4. The van der Waals surface area contributed by atoms with Gasteiger partial charge in [0.1, 0.15) is 6.61 Å². The number of esters is 1. The van der Waals surface area contributed by atoms with E-state index in [0.717, 1.165) is 22.0 Å². The maximum atomic E-state index is 12.4. The Morgan fingerprint density at radius 1 is 1.32 bits per heavy atom. The second-order valence-corrected chi connectivity index (χ2v) is 7.66. The molecule has 4 aromatic rings. The first-order chi connectivity index (χ1) is 13.5. The van der Waals surface area contributed by atoms with Crippen molar-refractivity contribution in [2.75, 3.05) is 6.26 Å². The number of hydrogen-bond acceptors (Lipinski definition) is 9. The van der Waals surface area contributed by atoms with E-state index in [-0.39, 0.29) is 19.0 Å². The first-order valence-electron chi connectivity index (χ1n) is 8.46. The number of hydrogen-bond donors (Lipinski definition) is 0. The quantitative estimate of drug-likeness (QED) is 0.349. The fourth-order valence-electron chi connectivity index (χ4n) is 2.77. The number of thiazole rings is 1. The molecule has 28 heavy (non-hydrogen) atoms. The highest BCUT2D eigenvalue weighted by Gasteiger charge is 2.17. The van der Waals surface area contributed by atoms with Crippen LogP contribution in [-0.2, 0) is 22.6 Å². The van der Waals surface area contributed by atoms with Gasteiger partial charge in [0.2, 0.25) is 5.16 Å². The highest BCUT2D eigenvalue weighted by molar-refractivity contribution is 7.98. The van der Waals surface area contributed by atoms with Crippen molar-refractivity contribution in [2.24, 2.45) is 0 Å². The number of ether oxygens (including phenoxy) is 1. The van der Waals surface area contributed by atoms with Gasteiger partial charge in [-0.15, -0.1) is 16.4 Å². The van der Waals surface area contributed by atoms with Crippen molar-refractivity contribution in [3.05, 3.63) is 46.4 Å². The van der Waals surface area contributed by atoms with Crippen LogP contribution in [0.4, 0.5) is 0 Å². The minimum Gasteiger partial charge on any atom is -0.462 e. The summed E-state index contributed by atoms with van der Waals surface area (Å²) in [5, 5.41) is 7.65. The molecule has 0 saturated heterocycles. The summed E-state index contributed by atoms with van der Waals surface area (Å²) in [5.74, 6) is 0.889. The number of rotatable bonds is 6.